The second-order valence-corrected chi connectivity index (χ2v) is 6.60. The van der Waals surface area contributed by atoms with Gasteiger partial charge in [-0.15, -0.1) is 0 Å². The van der Waals surface area contributed by atoms with Crippen molar-refractivity contribution in [2.75, 3.05) is 26.7 Å². The zero-order chi connectivity index (χ0) is 15.2. The predicted molar refractivity (Wildman–Crippen MR) is 84.6 cm³/mol. The van der Waals surface area contributed by atoms with Crippen molar-refractivity contribution in [3.05, 3.63) is 0 Å². The Hall–Kier alpha value is -0.610. The molecule has 1 amide bonds. The van der Waals surface area contributed by atoms with Crippen LogP contribution in [0.4, 0.5) is 0 Å². The second-order valence-electron chi connectivity index (χ2n) is 6.60. The Kier molecular flexibility index (Phi) is 6.46. The van der Waals surface area contributed by atoms with Gasteiger partial charge in [0.1, 0.15) is 0 Å². The molecular formula is C16H33N3O. The number of amides is 1. The van der Waals surface area contributed by atoms with E-state index in [0.717, 1.165) is 19.4 Å². The Labute approximate surface area is 124 Å². The Balaban J connectivity index is 2.33. The normalized spacial score (nSPS) is 22.4. The van der Waals surface area contributed by atoms with Gasteiger partial charge >= 0.3 is 0 Å². The summed E-state index contributed by atoms with van der Waals surface area (Å²) in [6, 6.07) is 0. The number of piperidine rings is 1. The molecule has 1 atom stereocenters. The van der Waals surface area contributed by atoms with E-state index in [-0.39, 0.29) is 5.91 Å². The van der Waals surface area contributed by atoms with Gasteiger partial charge in [-0.2, -0.15) is 0 Å². The van der Waals surface area contributed by atoms with Gasteiger partial charge < -0.3 is 16.0 Å². The van der Waals surface area contributed by atoms with E-state index in [0.29, 0.717) is 5.41 Å². The molecule has 1 aliphatic rings. The molecular weight excluding hydrogens is 250 g/mol. The Bertz CT molecular complexity index is 305. The summed E-state index contributed by atoms with van der Waals surface area (Å²) in [6.07, 6.45) is 7.07. The largest absolute Gasteiger partial charge is 0.368 e. The van der Waals surface area contributed by atoms with Crippen LogP contribution in [0, 0.1) is 5.41 Å². The molecule has 4 heteroatoms. The van der Waals surface area contributed by atoms with Gasteiger partial charge in [-0.05, 0) is 64.7 Å². The van der Waals surface area contributed by atoms with Crippen LogP contribution in [-0.4, -0.2) is 43.0 Å². The van der Waals surface area contributed by atoms with Crippen LogP contribution in [0.5, 0.6) is 0 Å². The molecule has 0 aromatic heterocycles. The fourth-order valence-corrected chi connectivity index (χ4v) is 3.24. The van der Waals surface area contributed by atoms with Crippen LogP contribution in [-0.2, 0) is 4.79 Å². The highest BCUT2D eigenvalue weighted by atomic mass is 16.1. The van der Waals surface area contributed by atoms with E-state index in [1.807, 2.05) is 14.0 Å². The van der Waals surface area contributed by atoms with E-state index < -0.39 is 5.54 Å². The molecule has 1 unspecified atom stereocenters. The van der Waals surface area contributed by atoms with Crippen LogP contribution in [0.3, 0.4) is 0 Å². The molecule has 1 fully saturated rings. The topological polar surface area (TPSA) is 58.4 Å². The van der Waals surface area contributed by atoms with Gasteiger partial charge in [-0.1, -0.05) is 26.7 Å². The number of likely N-dealkylation sites (tertiary alicyclic amines) is 1. The molecule has 0 radical (unpaired) electrons. The number of nitrogens with zero attached hydrogens (tertiary/aromatic N) is 1. The van der Waals surface area contributed by atoms with E-state index in [1.165, 1.54) is 38.8 Å². The standard InChI is InChI=1S/C16H33N3O/c1-5-16(6-2)9-12-19(13-10-16)11-7-8-15(3,18-4)14(17)20/h18H,5-13H2,1-4H3,(H2,17,20). The minimum Gasteiger partial charge on any atom is -0.368 e. The molecule has 118 valence electrons. The Morgan fingerprint density at radius 2 is 1.85 bits per heavy atom. The van der Waals surface area contributed by atoms with Gasteiger partial charge in [0, 0.05) is 0 Å². The number of hydrogen-bond donors (Lipinski definition) is 2. The number of carbonyl (C=O) groups excluding carboxylic acids is 1. The number of nitrogens with one attached hydrogen (secondary N) is 1. The molecule has 4 nitrogen and oxygen atoms in total. The van der Waals surface area contributed by atoms with Crippen LogP contribution >= 0.6 is 0 Å². The molecule has 1 rings (SSSR count). The summed E-state index contributed by atoms with van der Waals surface area (Å²) in [4.78, 5) is 14.0. The predicted octanol–water partition coefficient (Wildman–Crippen LogP) is 2.13. The number of carbonyl (C=O) groups is 1. The van der Waals surface area contributed by atoms with Crippen LogP contribution in [0.1, 0.15) is 59.3 Å². The van der Waals surface area contributed by atoms with Crippen LogP contribution < -0.4 is 11.1 Å². The lowest BCUT2D eigenvalue weighted by molar-refractivity contribution is -0.123. The quantitative estimate of drug-likeness (QED) is 0.717. The number of hydrogen-bond acceptors (Lipinski definition) is 3. The van der Waals surface area contributed by atoms with Crippen molar-refractivity contribution in [1.82, 2.24) is 10.2 Å². The zero-order valence-electron chi connectivity index (χ0n) is 13.8. The lowest BCUT2D eigenvalue weighted by Crippen LogP contribution is -2.51. The van der Waals surface area contributed by atoms with Gasteiger partial charge in [0.15, 0.2) is 0 Å². The first-order valence-corrected chi connectivity index (χ1v) is 8.12. The molecule has 20 heavy (non-hydrogen) atoms. The van der Waals surface area contributed by atoms with Crippen LogP contribution in [0.2, 0.25) is 0 Å². The minimum atomic E-state index is -0.563. The fourth-order valence-electron chi connectivity index (χ4n) is 3.24. The van der Waals surface area contributed by atoms with Gasteiger partial charge in [0.2, 0.25) is 5.91 Å². The molecule has 0 aliphatic carbocycles. The SMILES string of the molecule is CCC1(CC)CCN(CCCC(C)(NC)C(N)=O)CC1. The molecule has 1 heterocycles. The average Bonchev–Trinajstić information content (AvgIpc) is 2.47. The summed E-state index contributed by atoms with van der Waals surface area (Å²) in [5, 5.41) is 3.05. The maximum atomic E-state index is 11.4. The second kappa shape index (κ2) is 7.41. The summed E-state index contributed by atoms with van der Waals surface area (Å²) in [6.45, 7) is 10.0. The molecule has 0 spiro atoms. The first-order valence-electron chi connectivity index (χ1n) is 8.12. The zero-order valence-corrected chi connectivity index (χ0v) is 13.8. The minimum absolute atomic E-state index is 0.255. The van der Waals surface area contributed by atoms with Gasteiger partial charge in [-0.3, -0.25) is 4.79 Å². The molecule has 3 N–H and O–H groups in total. The Morgan fingerprint density at radius 3 is 2.25 bits per heavy atom. The molecule has 0 aromatic carbocycles. The maximum Gasteiger partial charge on any atom is 0.237 e. The summed E-state index contributed by atoms with van der Waals surface area (Å²) in [5.41, 5.74) is 5.48. The van der Waals surface area contributed by atoms with E-state index in [4.69, 9.17) is 5.73 Å². The van der Waals surface area contributed by atoms with E-state index in [2.05, 4.69) is 24.1 Å². The molecule has 1 aliphatic heterocycles. The maximum absolute atomic E-state index is 11.4. The number of likely N-dealkylation sites (N-methyl/N-ethyl adjacent to an activating group) is 1. The molecule has 0 bridgehead atoms. The summed E-state index contributed by atoms with van der Waals surface area (Å²) in [7, 11) is 1.81. The van der Waals surface area contributed by atoms with Crippen molar-refractivity contribution >= 4 is 5.91 Å². The lowest BCUT2D eigenvalue weighted by Gasteiger charge is -2.41. The lowest BCUT2D eigenvalue weighted by atomic mass is 9.74. The first kappa shape index (κ1) is 17.4. The van der Waals surface area contributed by atoms with Gasteiger partial charge in [0.25, 0.3) is 0 Å². The Morgan fingerprint density at radius 1 is 1.30 bits per heavy atom. The average molecular weight is 283 g/mol. The van der Waals surface area contributed by atoms with E-state index in [9.17, 15) is 4.79 Å². The van der Waals surface area contributed by atoms with Crippen LogP contribution in [0.15, 0.2) is 0 Å². The van der Waals surface area contributed by atoms with Crippen molar-refractivity contribution in [1.29, 1.82) is 0 Å². The number of rotatable bonds is 8. The van der Waals surface area contributed by atoms with Crippen molar-refractivity contribution < 1.29 is 4.79 Å². The van der Waals surface area contributed by atoms with Crippen molar-refractivity contribution in [3.63, 3.8) is 0 Å². The smallest absolute Gasteiger partial charge is 0.237 e. The van der Waals surface area contributed by atoms with E-state index in [1.54, 1.807) is 0 Å². The van der Waals surface area contributed by atoms with Crippen molar-refractivity contribution in [2.24, 2.45) is 11.1 Å². The molecule has 1 saturated heterocycles. The van der Waals surface area contributed by atoms with Crippen molar-refractivity contribution in [3.8, 4) is 0 Å². The van der Waals surface area contributed by atoms with Gasteiger partial charge in [-0.25, -0.2) is 0 Å². The summed E-state index contributed by atoms with van der Waals surface area (Å²) < 4.78 is 0. The molecule has 0 saturated carbocycles. The third-order valence-corrected chi connectivity index (χ3v) is 5.66. The van der Waals surface area contributed by atoms with Gasteiger partial charge in [0.05, 0.1) is 5.54 Å². The highest BCUT2D eigenvalue weighted by molar-refractivity contribution is 5.84. The highest BCUT2D eigenvalue weighted by Crippen LogP contribution is 2.37. The highest BCUT2D eigenvalue weighted by Gasteiger charge is 2.32. The van der Waals surface area contributed by atoms with Crippen molar-refractivity contribution in [2.45, 2.75) is 64.8 Å². The third kappa shape index (κ3) is 4.19. The number of nitrogens with two attached hydrogens (primary N) is 1. The monoisotopic (exact) mass is 283 g/mol. The molecule has 0 aromatic rings. The number of primary amides is 1. The van der Waals surface area contributed by atoms with E-state index >= 15 is 0 Å². The third-order valence-electron chi connectivity index (χ3n) is 5.66. The summed E-state index contributed by atoms with van der Waals surface area (Å²) in [5.74, 6) is -0.255. The first-order chi connectivity index (χ1) is 9.41. The van der Waals surface area contributed by atoms with Crippen LogP contribution in [0.25, 0.3) is 0 Å². The summed E-state index contributed by atoms with van der Waals surface area (Å²) >= 11 is 0. The fraction of sp³-hybridized carbons (Fsp3) is 0.938.